The summed E-state index contributed by atoms with van der Waals surface area (Å²) in [5.41, 5.74) is 4.94. The van der Waals surface area contributed by atoms with E-state index in [4.69, 9.17) is 29.8 Å². The second-order valence-corrected chi connectivity index (χ2v) is 8.56. The minimum atomic E-state index is -0.933. The van der Waals surface area contributed by atoms with Gasteiger partial charge in [-0.15, -0.1) is 0 Å². The van der Waals surface area contributed by atoms with Crippen LogP contribution in [-0.4, -0.2) is 40.8 Å². The number of aromatic nitrogens is 3. The summed E-state index contributed by atoms with van der Waals surface area (Å²) in [6.07, 6.45) is 1.69. The van der Waals surface area contributed by atoms with E-state index in [1.807, 2.05) is 0 Å². The van der Waals surface area contributed by atoms with Crippen molar-refractivity contribution in [2.75, 3.05) is 0 Å². The van der Waals surface area contributed by atoms with Crippen molar-refractivity contribution in [3.8, 4) is 5.75 Å². The number of carbonyl (C=O) groups excluding carboxylic acids is 1. The number of nitrogens with zero attached hydrogens (tertiary/aromatic N) is 5. The fraction of sp³-hybridized carbons (Fsp3) is 0.133. The molecule has 0 radical (unpaired) electrons. The zero-order valence-corrected chi connectivity index (χ0v) is 20.4. The quantitative estimate of drug-likeness (QED) is 0.258. The number of aromatic hydroxyl groups is 1. The van der Waals surface area contributed by atoms with E-state index in [1.165, 1.54) is 29.9 Å². The monoisotopic (exact) mass is 688 g/mol. The Morgan fingerprint density at radius 1 is 1.27 bits per heavy atom. The van der Waals surface area contributed by atoms with E-state index in [0.29, 0.717) is 11.2 Å². The molecule has 0 fully saturated rings. The average Bonchev–Trinajstić information content (AvgIpc) is 3.08. The second-order valence-electron chi connectivity index (χ2n) is 5.28. The summed E-state index contributed by atoms with van der Waals surface area (Å²) in [4.78, 5) is 38.2. The summed E-state index contributed by atoms with van der Waals surface area (Å²) in [5.74, 6) is 0.188. The third-order valence-electron chi connectivity index (χ3n) is 3.52. The molecular formula is C15H19Cl2N8O7Pt+. The van der Waals surface area contributed by atoms with Gasteiger partial charge in [0.05, 0.1) is 17.4 Å². The number of halogens is 2. The van der Waals surface area contributed by atoms with Crippen LogP contribution >= 0.6 is 18.8 Å². The van der Waals surface area contributed by atoms with Gasteiger partial charge in [-0.25, -0.2) is 14.3 Å². The van der Waals surface area contributed by atoms with Crippen LogP contribution in [0.15, 0.2) is 36.7 Å². The van der Waals surface area contributed by atoms with E-state index in [0.717, 1.165) is 6.20 Å². The first-order valence-electron chi connectivity index (χ1n) is 7.76. The third kappa shape index (κ3) is 9.51. The number of nitro groups is 1. The fourth-order valence-corrected chi connectivity index (χ4v) is 2.19. The smallest absolute Gasteiger partial charge is 0.693 e. The van der Waals surface area contributed by atoms with Crippen LogP contribution in [-0.2, 0) is 34.9 Å². The Kier molecular flexibility index (Phi) is 15.2. The molecule has 0 aliphatic heterocycles. The molecule has 184 valence electrons. The Balaban J connectivity index is 0. The molecule has 3 rings (SSSR count). The number of ether oxygens (including phenoxy) is 1. The number of nitrogens with two attached hydrogens (primary N) is 3. The Labute approximate surface area is 202 Å². The van der Waals surface area contributed by atoms with Gasteiger partial charge < -0.3 is 33.1 Å². The molecule has 0 saturated carbocycles. The molecule has 0 aliphatic carbocycles. The summed E-state index contributed by atoms with van der Waals surface area (Å²) < 4.78 is 5.73. The molecule has 0 saturated heterocycles. The summed E-state index contributed by atoms with van der Waals surface area (Å²) >= 11 is -0.472. The molecule has 0 aliphatic rings. The number of pyridine rings is 1. The minimum Gasteiger partial charge on any atom is -0.693 e. The maximum absolute atomic E-state index is 10.6. The summed E-state index contributed by atoms with van der Waals surface area (Å²) in [7, 11) is 11.2. The van der Waals surface area contributed by atoms with Gasteiger partial charge in [0.2, 0.25) is 5.82 Å². The van der Waals surface area contributed by atoms with Gasteiger partial charge in [-0.1, -0.05) is 0 Å². The molecular weight excluding hydrogens is 670 g/mol. The normalized spacial score (nSPS) is 9.18. The molecule has 2 aromatic heterocycles. The van der Waals surface area contributed by atoms with Crippen LogP contribution in [0.4, 0.5) is 16.3 Å². The summed E-state index contributed by atoms with van der Waals surface area (Å²) in [6, 6.07) is 5.68. The van der Waals surface area contributed by atoms with Crippen molar-refractivity contribution in [3.05, 3.63) is 69.8 Å². The molecule has 0 bridgehead atoms. The number of non-ortho nitro benzene ring substituents is 1. The number of rotatable bonds is 4. The number of amides is 1. The third-order valence-corrected chi connectivity index (χ3v) is 3.52. The number of nitro benzene ring substituents is 1. The van der Waals surface area contributed by atoms with Gasteiger partial charge in [-0.3, -0.25) is 15.1 Å². The van der Waals surface area contributed by atoms with Gasteiger partial charge in [0.1, 0.15) is 17.5 Å². The summed E-state index contributed by atoms with van der Waals surface area (Å²) in [6.45, 7) is -0.153. The van der Waals surface area contributed by atoms with Crippen LogP contribution in [0.2, 0.25) is 0 Å². The molecule has 8 N–H and O–H groups in total. The maximum Gasteiger partial charge on any atom is -0.693 e. The SMILES string of the molecule is Cn1c([N+](=O)O)cnc1COC(N)=O.O=[N+]([O-])c1ccc(O)c2ncccc12.[Cl][Pt+2][Cl].[NH2-].[NH2-]. The minimum absolute atomic E-state index is 0. The van der Waals surface area contributed by atoms with Gasteiger partial charge in [0.25, 0.3) is 5.69 Å². The molecule has 1 amide bonds. The van der Waals surface area contributed by atoms with Crippen molar-refractivity contribution < 1.29 is 46.2 Å². The standard InChI is InChI=1S/C9H6N2O3.C6H8N4O4.2ClH.2H2N.Pt/c12-8-4-3-7(11(13)14)6-2-1-5-10-9(6)8;1-9-4(3-14-6(7)11)8-2-5(9)10(12)13;;;;;/h1-5,12H;2H,3H2,1H3,(H2-,7,11,12,13);2*1H;2*1H2;/q;;;;2*-1;+4/p-1. The molecule has 18 heteroatoms. The number of carbonyl (C=O) groups is 1. The van der Waals surface area contributed by atoms with Crippen LogP contribution in [0.3, 0.4) is 0 Å². The Hall–Kier alpha value is -3.10. The predicted octanol–water partition coefficient (Wildman–Crippen LogP) is 4.47. The van der Waals surface area contributed by atoms with Crippen molar-refractivity contribution in [2.24, 2.45) is 12.8 Å². The first kappa shape index (κ1) is 32.1. The largest absolute Gasteiger partial charge is 0.693 e. The van der Waals surface area contributed by atoms with Gasteiger partial charge in [0.15, 0.2) is 11.5 Å². The topological polar surface area (TPSA) is 254 Å². The van der Waals surface area contributed by atoms with Crippen molar-refractivity contribution in [2.45, 2.75) is 6.61 Å². The number of hydrogen-bond acceptors (Lipinski definition) is 8. The van der Waals surface area contributed by atoms with Crippen LogP contribution in [0.25, 0.3) is 23.2 Å². The molecule has 1 aromatic carbocycles. The van der Waals surface area contributed by atoms with E-state index in [-0.39, 0.29) is 46.6 Å². The zero-order chi connectivity index (χ0) is 23.6. The van der Waals surface area contributed by atoms with Gasteiger partial charge in [-0.2, -0.15) is 0 Å². The Bertz CT molecular complexity index is 1090. The number of imidazole rings is 1. The zero-order valence-electron chi connectivity index (χ0n) is 16.6. The maximum atomic E-state index is 10.6. The van der Waals surface area contributed by atoms with Gasteiger partial charge in [-0.05, 0) is 23.1 Å². The van der Waals surface area contributed by atoms with Gasteiger partial charge in [0, 0.05) is 12.3 Å². The number of phenolic OH excluding ortho intramolecular Hbond substituents is 1. The van der Waals surface area contributed by atoms with Gasteiger partial charge >= 0.3 is 47.2 Å². The first-order chi connectivity index (χ1) is 14.6. The van der Waals surface area contributed by atoms with E-state index in [1.54, 1.807) is 12.1 Å². The molecule has 0 spiro atoms. The molecule has 2 heterocycles. The fourth-order valence-electron chi connectivity index (χ4n) is 2.19. The predicted molar refractivity (Wildman–Crippen MR) is 115 cm³/mol. The molecule has 3 aromatic rings. The second kappa shape index (κ2) is 15.7. The van der Waals surface area contributed by atoms with E-state index in [2.05, 4.69) is 14.7 Å². The average molecular weight is 689 g/mol. The van der Waals surface area contributed by atoms with E-state index >= 15 is 0 Å². The van der Waals surface area contributed by atoms with Crippen molar-refractivity contribution in [1.82, 2.24) is 14.5 Å². The van der Waals surface area contributed by atoms with Crippen LogP contribution < -0.4 is 5.73 Å². The van der Waals surface area contributed by atoms with Crippen LogP contribution in [0, 0.1) is 15.0 Å². The van der Waals surface area contributed by atoms with Crippen LogP contribution in [0.1, 0.15) is 5.82 Å². The number of primary amides is 1. The number of hydrogen-bond donors (Lipinski definition) is 3. The Morgan fingerprint density at radius 2 is 1.88 bits per heavy atom. The number of benzene rings is 1. The van der Waals surface area contributed by atoms with Crippen molar-refractivity contribution in [3.63, 3.8) is 0 Å². The van der Waals surface area contributed by atoms with Crippen LogP contribution in [0.5, 0.6) is 5.75 Å². The van der Waals surface area contributed by atoms with E-state index < -0.39 is 27.5 Å². The number of phenols is 1. The first-order valence-corrected chi connectivity index (χ1v) is 13.4. The molecule has 33 heavy (non-hydrogen) atoms. The molecule has 0 unspecified atom stereocenters. The number of fused-ring (bicyclic) bond motifs is 1. The van der Waals surface area contributed by atoms with Crippen molar-refractivity contribution >= 4 is 47.3 Å². The van der Waals surface area contributed by atoms with Crippen molar-refractivity contribution in [1.29, 1.82) is 0 Å². The molecule has 0 atom stereocenters. The summed E-state index contributed by atoms with van der Waals surface area (Å²) in [5, 5.41) is 28.9. The Morgan fingerprint density at radius 3 is 2.36 bits per heavy atom. The molecule has 15 nitrogen and oxygen atoms in total. The van der Waals surface area contributed by atoms with E-state index in [9.17, 15) is 24.9 Å².